The Labute approximate surface area is 119 Å². The predicted molar refractivity (Wildman–Crippen MR) is 85.1 cm³/mol. The van der Waals surface area contributed by atoms with Crippen molar-refractivity contribution in [3.63, 3.8) is 0 Å². The summed E-state index contributed by atoms with van der Waals surface area (Å²) in [5.41, 5.74) is 3.37. The van der Waals surface area contributed by atoms with E-state index in [-0.39, 0.29) is 0 Å². The van der Waals surface area contributed by atoms with E-state index >= 15 is 0 Å². The van der Waals surface area contributed by atoms with Crippen LogP contribution in [0.25, 0.3) is 10.9 Å². The highest BCUT2D eigenvalue weighted by atomic mass is 32.2. The summed E-state index contributed by atoms with van der Waals surface area (Å²) in [5, 5.41) is 4.87. The van der Waals surface area contributed by atoms with Crippen molar-refractivity contribution in [2.45, 2.75) is 31.4 Å². The molecule has 0 saturated carbocycles. The molecule has 1 aromatic heterocycles. The standard InChI is InChI=1S/C16H20N2S/c1-12-10-15(13-6-3-4-7-14(13)18-12)17-11-16(2)8-5-9-19-16/h3-4,6-7,10H,5,8-9,11H2,1-2H3,(H,17,18). The Kier molecular flexibility index (Phi) is 3.40. The molecule has 0 radical (unpaired) electrons. The van der Waals surface area contributed by atoms with Gasteiger partial charge in [-0.1, -0.05) is 18.2 Å². The minimum Gasteiger partial charge on any atom is -0.383 e. The fourth-order valence-electron chi connectivity index (χ4n) is 2.71. The van der Waals surface area contributed by atoms with Gasteiger partial charge < -0.3 is 5.32 Å². The molecule has 1 aliphatic heterocycles. The van der Waals surface area contributed by atoms with Crippen molar-refractivity contribution in [1.29, 1.82) is 0 Å². The maximum atomic E-state index is 4.59. The topological polar surface area (TPSA) is 24.9 Å². The molecule has 1 saturated heterocycles. The van der Waals surface area contributed by atoms with Crippen LogP contribution in [0.3, 0.4) is 0 Å². The van der Waals surface area contributed by atoms with Gasteiger partial charge in [-0.05, 0) is 44.6 Å². The molecule has 1 aromatic carbocycles. The molecule has 100 valence electrons. The molecule has 0 aliphatic carbocycles. The molecule has 2 aromatic rings. The monoisotopic (exact) mass is 272 g/mol. The van der Waals surface area contributed by atoms with E-state index < -0.39 is 0 Å². The number of thioether (sulfide) groups is 1. The van der Waals surface area contributed by atoms with Crippen LogP contribution in [0.4, 0.5) is 5.69 Å². The van der Waals surface area contributed by atoms with Gasteiger partial charge in [-0.3, -0.25) is 4.98 Å². The fourth-order valence-corrected chi connectivity index (χ4v) is 3.96. The molecule has 3 heteroatoms. The molecule has 0 amide bonds. The number of pyridine rings is 1. The SMILES string of the molecule is Cc1cc(NCC2(C)CCCS2)c2ccccc2n1. The van der Waals surface area contributed by atoms with E-state index in [1.165, 1.54) is 29.7 Å². The third-order valence-corrected chi connectivity index (χ3v) is 5.34. The first-order valence-corrected chi connectivity index (χ1v) is 7.89. The summed E-state index contributed by atoms with van der Waals surface area (Å²) >= 11 is 2.10. The van der Waals surface area contributed by atoms with Gasteiger partial charge in [-0.15, -0.1) is 0 Å². The van der Waals surface area contributed by atoms with Crippen LogP contribution < -0.4 is 5.32 Å². The molecule has 1 atom stereocenters. The van der Waals surface area contributed by atoms with Crippen LogP contribution in [0.1, 0.15) is 25.5 Å². The second-order valence-corrected chi connectivity index (χ2v) is 7.27. The first kappa shape index (κ1) is 12.8. The van der Waals surface area contributed by atoms with Gasteiger partial charge in [0.25, 0.3) is 0 Å². The van der Waals surface area contributed by atoms with Crippen molar-refractivity contribution in [1.82, 2.24) is 4.98 Å². The first-order valence-electron chi connectivity index (χ1n) is 6.91. The molecular weight excluding hydrogens is 252 g/mol. The Hall–Kier alpha value is -1.22. The number of benzene rings is 1. The van der Waals surface area contributed by atoms with Crippen molar-refractivity contribution in [2.24, 2.45) is 0 Å². The molecule has 1 unspecified atom stereocenters. The van der Waals surface area contributed by atoms with Gasteiger partial charge in [-0.25, -0.2) is 0 Å². The van der Waals surface area contributed by atoms with Crippen LogP contribution in [0.2, 0.25) is 0 Å². The molecule has 19 heavy (non-hydrogen) atoms. The van der Waals surface area contributed by atoms with E-state index in [0.29, 0.717) is 4.75 Å². The van der Waals surface area contributed by atoms with Crippen molar-refractivity contribution >= 4 is 28.4 Å². The van der Waals surface area contributed by atoms with Crippen LogP contribution in [-0.4, -0.2) is 22.0 Å². The van der Waals surface area contributed by atoms with Gasteiger partial charge in [-0.2, -0.15) is 11.8 Å². The third kappa shape index (κ3) is 2.71. The molecular formula is C16H20N2S. The molecule has 1 N–H and O–H groups in total. The lowest BCUT2D eigenvalue weighted by molar-refractivity contribution is 0.635. The quantitative estimate of drug-likeness (QED) is 0.904. The van der Waals surface area contributed by atoms with E-state index in [4.69, 9.17) is 0 Å². The van der Waals surface area contributed by atoms with E-state index in [2.05, 4.69) is 60.2 Å². The van der Waals surface area contributed by atoms with Gasteiger partial charge >= 0.3 is 0 Å². The Bertz CT molecular complexity index is 588. The number of para-hydroxylation sites is 1. The molecule has 2 nitrogen and oxygen atoms in total. The molecule has 2 heterocycles. The minimum absolute atomic E-state index is 0.387. The van der Waals surface area contributed by atoms with Gasteiger partial charge in [0.2, 0.25) is 0 Å². The zero-order chi connectivity index (χ0) is 13.3. The number of anilines is 1. The summed E-state index contributed by atoms with van der Waals surface area (Å²) in [7, 11) is 0. The average Bonchev–Trinajstić information content (AvgIpc) is 2.83. The smallest absolute Gasteiger partial charge is 0.0725 e. The van der Waals surface area contributed by atoms with Crippen LogP contribution in [-0.2, 0) is 0 Å². The summed E-state index contributed by atoms with van der Waals surface area (Å²) in [6.07, 6.45) is 2.66. The van der Waals surface area contributed by atoms with Crippen LogP contribution >= 0.6 is 11.8 Å². The lowest BCUT2D eigenvalue weighted by Crippen LogP contribution is -2.27. The van der Waals surface area contributed by atoms with Gasteiger partial charge in [0.1, 0.15) is 0 Å². The number of nitrogens with zero attached hydrogens (tertiary/aromatic N) is 1. The van der Waals surface area contributed by atoms with E-state index in [1.807, 2.05) is 6.07 Å². The van der Waals surface area contributed by atoms with Gasteiger partial charge in [0, 0.05) is 28.1 Å². The Morgan fingerprint density at radius 1 is 1.37 bits per heavy atom. The molecule has 1 fully saturated rings. The molecule has 3 rings (SSSR count). The third-order valence-electron chi connectivity index (χ3n) is 3.80. The highest BCUT2D eigenvalue weighted by Crippen LogP contribution is 2.38. The highest BCUT2D eigenvalue weighted by Gasteiger charge is 2.29. The van der Waals surface area contributed by atoms with Crippen molar-refractivity contribution in [2.75, 3.05) is 17.6 Å². The van der Waals surface area contributed by atoms with Gasteiger partial charge in [0.05, 0.1) is 5.52 Å². The summed E-state index contributed by atoms with van der Waals surface area (Å²) in [6.45, 7) is 5.46. The number of fused-ring (bicyclic) bond motifs is 1. The lowest BCUT2D eigenvalue weighted by atomic mass is 10.1. The van der Waals surface area contributed by atoms with Crippen molar-refractivity contribution in [3.8, 4) is 0 Å². The Morgan fingerprint density at radius 2 is 2.21 bits per heavy atom. The number of aromatic nitrogens is 1. The van der Waals surface area contributed by atoms with Crippen molar-refractivity contribution in [3.05, 3.63) is 36.0 Å². The van der Waals surface area contributed by atoms with Crippen LogP contribution in [0.15, 0.2) is 30.3 Å². The predicted octanol–water partition coefficient (Wildman–Crippen LogP) is 4.24. The summed E-state index contributed by atoms with van der Waals surface area (Å²) in [6, 6.07) is 10.5. The highest BCUT2D eigenvalue weighted by molar-refractivity contribution is 8.00. The summed E-state index contributed by atoms with van der Waals surface area (Å²) < 4.78 is 0.387. The van der Waals surface area contributed by atoms with E-state index in [1.54, 1.807) is 0 Å². The lowest BCUT2D eigenvalue weighted by Gasteiger charge is -2.24. The molecule has 0 bridgehead atoms. The number of hydrogen-bond donors (Lipinski definition) is 1. The van der Waals surface area contributed by atoms with Crippen LogP contribution in [0.5, 0.6) is 0 Å². The van der Waals surface area contributed by atoms with Crippen molar-refractivity contribution < 1.29 is 0 Å². The molecule has 1 aliphatic rings. The largest absolute Gasteiger partial charge is 0.383 e. The van der Waals surface area contributed by atoms with E-state index in [9.17, 15) is 0 Å². The minimum atomic E-state index is 0.387. The van der Waals surface area contributed by atoms with Crippen LogP contribution in [0, 0.1) is 6.92 Å². The zero-order valence-corrected chi connectivity index (χ0v) is 12.4. The average molecular weight is 272 g/mol. The Balaban J connectivity index is 1.87. The second-order valence-electron chi connectivity index (χ2n) is 5.58. The zero-order valence-electron chi connectivity index (χ0n) is 11.6. The number of aryl methyl sites for hydroxylation is 1. The summed E-state index contributed by atoms with van der Waals surface area (Å²) in [4.78, 5) is 4.59. The first-order chi connectivity index (χ1) is 9.16. The van der Waals surface area contributed by atoms with Gasteiger partial charge in [0.15, 0.2) is 0 Å². The molecule has 0 spiro atoms. The summed E-state index contributed by atoms with van der Waals surface area (Å²) in [5.74, 6) is 1.30. The maximum Gasteiger partial charge on any atom is 0.0725 e. The second kappa shape index (κ2) is 5.04. The maximum absolute atomic E-state index is 4.59. The number of rotatable bonds is 3. The fraction of sp³-hybridized carbons (Fsp3) is 0.438. The number of hydrogen-bond acceptors (Lipinski definition) is 3. The Morgan fingerprint density at radius 3 is 3.00 bits per heavy atom. The normalized spacial score (nSPS) is 22.8. The number of nitrogens with one attached hydrogen (secondary N) is 1. The van der Waals surface area contributed by atoms with E-state index in [0.717, 1.165) is 17.8 Å².